The van der Waals surface area contributed by atoms with Gasteiger partial charge in [-0.15, -0.1) is 0 Å². The van der Waals surface area contributed by atoms with Gasteiger partial charge in [0.1, 0.15) is 5.82 Å². The van der Waals surface area contributed by atoms with Crippen LogP contribution in [0, 0.1) is 5.92 Å². The second kappa shape index (κ2) is 6.28. The minimum absolute atomic E-state index is 0.531. The van der Waals surface area contributed by atoms with Crippen molar-refractivity contribution in [2.24, 2.45) is 5.92 Å². The molecule has 0 saturated heterocycles. The van der Waals surface area contributed by atoms with Crippen LogP contribution in [0.5, 0.6) is 0 Å². The van der Waals surface area contributed by atoms with Gasteiger partial charge in [-0.2, -0.15) is 0 Å². The summed E-state index contributed by atoms with van der Waals surface area (Å²) < 4.78 is 0. The summed E-state index contributed by atoms with van der Waals surface area (Å²) in [5.74, 6) is 1.30. The largest absolute Gasteiger partial charge is 0.358 e. The number of nitrogens with one attached hydrogen (secondary N) is 1. The molecule has 0 aromatic carbocycles. The molecule has 0 fully saturated rings. The Bertz CT molecular complexity index is 344. The minimum atomic E-state index is 0.531. The topological polar surface area (TPSA) is 28.2 Å². The average molecular weight is 262 g/mol. The molecule has 0 aliphatic rings. The Hall–Kier alpha value is -0.510. The van der Waals surface area contributed by atoms with Crippen molar-refractivity contribution in [1.29, 1.82) is 0 Å². The highest BCUT2D eigenvalue weighted by molar-refractivity contribution is 6.35. The first-order valence-corrected chi connectivity index (χ1v) is 5.97. The fourth-order valence-corrected chi connectivity index (χ4v) is 2.18. The second-order valence-electron chi connectivity index (χ2n) is 4.00. The molecular weight excluding hydrogens is 245 g/mol. The maximum Gasteiger partial charge on any atom is 0.147 e. The lowest BCUT2D eigenvalue weighted by atomic mass is 10.1. The van der Waals surface area contributed by atoms with Crippen molar-refractivity contribution in [2.45, 2.75) is 6.92 Å². The van der Waals surface area contributed by atoms with Crippen LogP contribution in [0.25, 0.3) is 0 Å². The van der Waals surface area contributed by atoms with Gasteiger partial charge in [0, 0.05) is 19.8 Å². The normalized spacial score (nSPS) is 12.6. The Morgan fingerprint density at radius 1 is 1.50 bits per heavy atom. The SMILES string of the molecule is CNCC(C)CN(C)c1ncc(Cl)cc1Cl. The van der Waals surface area contributed by atoms with E-state index in [0.29, 0.717) is 16.0 Å². The molecule has 1 aromatic rings. The van der Waals surface area contributed by atoms with E-state index in [2.05, 4.69) is 17.2 Å². The van der Waals surface area contributed by atoms with Gasteiger partial charge in [0.15, 0.2) is 0 Å². The summed E-state index contributed by atoms with van der Waals surface area (Å²) in [5, 5.41) is 4.30. The number of hydrogen-bond donors (Lipinski definition) is 1. The van der Waals surface area contributed by atoms with Gasteiger partial charge in [0.05, 0.1) is 10.0 Å². The number of halogens is 2. The quantitative estimate of drug-likeness (QED) is 0.884. The first-order chi connectivity index (χ1) is 7.54. The van der Waals surface area contributed by atoms with Crippen LogP contribution < -0.4 is 10.2 Å². The standard InChI is InChI=1S/C11H17Cl2N3/c1-8(5-14-2)7-16(3)11-10(13)4-9(12)6-15-11/h4,6,8,14H,5,7H2,1-3H3. The zero-order valence-corrected chi connectivity index (χ0v) is 11.3. The highest BCUT2D eigenvalue weighted by Crippen LogP contribution is 2.25. The van der Waals surface area contributed by atoms with Gasteiger partial charge < -0.3 is 10.2 Å². The maximum atomic E-state index is 6.08. The molecule has 1 rings (SSSR count). The second-order valence-corrected chi connectivity index (χ2v) is 4.85. The van der Waals surface area contributed by atoms with Gasteiger partial charge in [-0.05, 0) is 25.6 Å². The molecule has 5 heteroatoms. The van der Waals surface area contributed by atoms with Crippen molar-refractivity contribution in [3.05, 3.63) is 22.3 Å². The molecule has 3 nitrogen and oxygen atoms in total. The number of rotatable bonds is 5. The molecular formula is C11H17Cl2N3. The Kier molecular flexibility index (Phi) is 5.32. The zero-order valence-electron chi connectivity index (χ0n) is 9.80. The molecule has 1 heterocycles. The van der Waals surface area contributed by atoms with Gasteiger partial charge in [0.2, 0.25) is 0 Å². The number of pyridine rings is 1. The molecule has 0 amide bonds. The molecule has 1 aromatic heterocycles. The molecule has 0 aliphatic carbocycles. The van der Waals surface area contributed by atoms with Gasteiger partial charge in [-0.3, -0.25) is 0 Å². The molecule has 1 N–H and O–H groups in total. The Labute approximate surface area is 107 Å². The Morgan fingerprint density at radius 3 is 2.75 bits per heavy atom. The van der Waals surface area contributed by atoms with Crippen molar-refractivity contribution in [1.82, 2.24) is 10.3 Å². The molecule has 1 atom stereocenters. The van der Waals surface area contributed by atoms with E-state index in [1.54, 1.807) is 12.3 Å². The van der Waals surface area contributed by atoms with E-state index in [1.165, 1.54) is 0 Å². The van der Waals surface area contributed by atoms with E-state index in [-0.39, 0.29) is 0 Å². The van der Waals surface area contributed by atoms with Crippen molar-refractivity contribution >= 4 is 29.0 Å². The summed E-state index contributed by atoms with van der Waals surface area (Å²) in [5.41, 5.74) is 0. The number of anilines is 1. The van der Waals surface area contributed by atoms with E-state index in [4.69, 9.17) is 23.2 Å². The lowest BCUT2D eigenvalue weighted by Gasteiger charge is -2.23. The number of nitrogens with zero attached hydrogens (tertiary/aromatic N) is 2. The molecule has 0 spiro atoms. The van der Waals surface area contributed by atoms with Crippen LogP contribution in [0.15, 0.2) is 12.3 Å². The fourth-order valence-electron chi connectivity index (χ4n) is 1.66. The van der Waals surface area contributed by atoms with Crippen LogP contribution in [0.1, 0.15) is 6.92 Å². The van der Waals surface area contributed by atoms with Crippen molar-refractivity contribution in [3.63, 3.8) is 0 Å². The maximum absolute atomic E-state index is 6.08. The van der Waals surface area contributed by atoms with Crippen molar-refractivity contribution < 1.29 is 0 Å². The number of hydrogen-bond acceptors (Lipinski definition) is 3. The van der Waals surface area contributed by atoms with Crippen molar-refractivity contribution in [2.75, 3.05) is 32.1 Å². The minimum Gasteiger partial charge on any atom is -0.358 e. The highest BCUT2D eigenvalue weighted by atomic mass is 35.5. The third kappa shape index (κ3) is 3.81. The van der Waals surface area contributed by atoms with Crippen LogP contribution in [-0.4, -0.2) is 32.2 Å². The molecule has 0 aliphatic heterocycles. The first-order valence-electron chi connectivity index (χ1n) is 5.21. The van der Waals surface area contributed by atoms with Crippen LogP contribution in [0.3, 0.4) is 0 Å². The Morgan fingerprint density at radius 2 is 2.19 bits per heavy atom. The Balaban J connectivity index is 2.69. The summed E-state index contributed by atoms with van der Waals surface area (Å²) in [7, 11) is 3.93. The summed E-state index contributed by atoms with van der Waals surface area (Å²) in [4.78, 5) is 6.27. The molecule has 0 saturated carbocycles. The van der Waals surface area contributed by atoms with Gasteiger partial charge in [-0.25, -0.2) is 4.98 Å². The molecule has 90 valence electrons. The monoisotopic (exact) mass is 261 g/mol. The summed E-state index contributed by atoms with van der Waals surface area (Å²) in [6.07, 6.45) is 1.61. The van der Waals surface area contributed by atoms with Gasteiger partial charge in [-0.1, -0.05) is 30.1 Å². The van der Waals surface area contributed by atoms with Crippen LogP contribution in [0.4, 0.5) is 5.82 Å². The molecule has 0 radical (unpaired) electrons. The summed E-state index contributed by atoms with van der Waals surface area (Å²) in [6.45, 7) is 4.04. The van der Waals surface area contributed by atoms with Crippen LogP contribution >= 0.6 is 23.2 Å². The van der Waals surface area contributed by atoms with Gasteiger partial charge >= 0.3 is 0 Å². The van der Waals surface area contributed by atoms with Gasteiger partial charge in [0.25, 0.3) is 0 Å². The zero-order chi connectivity index (χ0) is 12.1. The van der Waals surface area contributed by atoms with Crippen LogP contribution in [-0.2, 0) is 0 Å². The predicted molar refractivity (Wildman–Crippen MR) is 70.6 cm³/mol. The third-order valence-electron chi connectivity index (χ3n) is 2.29. The lowest BCUT2D eigenvalue weighted by Crippen LogP contribution is -2.30. The summed E-state index contributed by atoms with van der Waals surface area (Å²) >= 11 is 11.9. The van der Waals surface area contributed by atoms with Crippen LogP contribution in [0.2, 0.25) is 10.0 Å². The van der Waals surface area contributed by atoms with E-state index in [9.17, 15) is 0 Å². The van der Waals surface area contributed by atoms with E-state index < -0.39 is 0 Å². The van der Waals surface area contributed by atoms with E-state index in [0.717, 1.165) is 18.9 Å². The molecule has 16 heavy (non-hydrogen) atoms. The smallest absolute Gasteiger partial charge is 0.147 e. The average Bonchev–Trinajstić information content (AvgIpc) is 2.17. The lowest BCUT2D eigenvalue weighted by molar-refractivity contribution is 0.541. The summed E-state index contributed by atoms with van der Waals surface area (Å²) in [6, 6.07) is 1.71. The fraction of sp³-hybridized carbons (Fsp3) is 0.545. The highest BCUT2D eigenvalue weighted by Gasteiger charge is 2.11. The molecule has 1 unspecified atom stereocenters. The van der Waals surface area contributed by atoms with Crippen molar-refractivity contribution in [3.8, 4) is 0 Å². The van der Waals surface area contributed by atoms with E-state index >= 15 is 0 Å². The van der Waals surface area contributed by atoms with E-state index in [1.807, 2.05) is 19.0 Å². The molecule has 0 bridgehead atoms. The third-order valence-corrected chi connectivity index (χ3v) is 2.77. The predicted octanol–water partition coefficient (Wildman–Crippen LogP) is 2.68. The number of aromatic nitrogens is 1. The first kappa shape index (κ1) is 13.6.